The van der Waals surface area contributed by atoms with Gasteiger partial charge in [-0.3, -0.25) is 9.36 Å². The zero-order valence-electron chi connectivity index (χ0n) is 42.5. The summed E-state index contributed by atoms with van der Waals surface area (Å²) in [7, 11) is 1.31. The Bertz CT molecular complexity index is 1080. The second kappa shape index (κ2) is 46.1. The van der Waals surface area contributed by atoms with E-state index >= 15 is 0 Å². The fraction of sp³-hybridized carbons (Fsp3) is 0.907. The Balaban J connectivity index is 4.19. The van der Waals surface area contributed by atoms with Crippen LogP contribution in [0.15, 0.2) is 24.3 Å². The van der Waals surface area contributed by atoms with Crippen LogP contribution in [0, 0.1) is 0 Å². The Labute approximate surface area is 392 Å². The number of aliphatic hydroxyl groups is 1. The number of hydrogen-bond acceptors (Lipinski definition) is 6. The molecule has 63 heavy (non-hydrogen) atoms. The summed E-state index contributed by atoms with van der Waals surface area (Å²) in [6.07, 6.45) is 56.2. The van der Waals surface area contributed by atoms with Crippen molar-refractivity contribution in [1.29, 1.82) is 0 Å². The predicted molar refractivity (Wildman–Crippen MR) is 270 cm³/mol. The molecule has 0 fully saturated rings. The lowest BCUT2D eigenvalue weighted by Gasteiger charge is -2.30. The summed E-state index contributed by atoms with van der Waals surface area (Å²) in [5.74, 6) is -0.162. The number of quaternary nitrogens is 1. The summed E-state index contributed by atoms with van der Waals surface area (Å²) in [6.45, 7) is 4.65. The van der Waals surface area contributed by atoms with Gasteiger partial charge >= 0.3 is 0 Å². The Kier molecular flexibility index (Phi) is 45.4. The van der Waals surface area contributed by atoms with Crippen LogP contribution in [-0.2, 0) is 18.4 Å². The Morgan fingerprint density at radius 2 is 0.968 bits per heavy atom. The number of carbonyl (C=O) groups is 1. The molecule has 0 saturated carbocycles. The van der Waals surface area contributed by atoms with Gasteiger partial charge in [0.2, 0.25) is 5.91 Å². The number of aliphatic hydroxyl groups excluding tert-OH is 1. The molecule has 0 aromatic carbocycles. The third kappa shape index (κ3) is 48.7. The van der Waals surface area contributed by atoms with Crippen LogP contribution in [0.2, 0.25) is 0 Å². The average Bonchev–Trinajstić information content (AvgIpc) is 3.24. The van der Waals surface area contributed by atoms with Crippen LogP contribution in [-0.4, -0.2) is 68.5 Å². The van der Waals surface area contributed by atoms with Gasteiger partial charge in [-0.05, 0) is 38.5 Å². The summed E-state index contributed by atoms with van der Waals surface area (Å²) in [5, 5.41) is 14.0. The second-order valence-corrected chi connectivity index (χ2v) is 21.3. The monoisotopic (exact) mass is 911 g/mol. The fourth-order valence-corrected chi connectivity index (χ4v) is 8.92. The molecule has 0 saturated heterocycles. The summed E-state index contributed by atoms with van der Waals surface area (Å²) < 4.78 is 23.4. The van der Waals surface area contributed by atoms with Crippen molar-refractivity contribution in [3.05, 3.63) is 24.3 Å². The molecule has 0 heterocycles. The molecule has 0 radical (unpaired) electrons. The van der Waals surface area contributed by atoms with Gasteiger partial charge in [-0.1, -0.05) is 244 Å². The van der Waals surface area contributed by atoms with Gasteiger partial charge in [-0.2, -0.15) is 0 Å². The minimum atomic E-state index is -4.57. The molecular formula is C54H107N2O6P. The van der Waals surface area contributed by atoms with E-state index in [1.54, 1.807) is 0 Å². The molecule has 0 spiro atoms. The van der Waals surface area contributed by atoms with Crippen LogP contribution in [0.5, 0.6) is 0 Å². The Hall–Kier alpha value is -1.02. The quantitative estimate of drug-likeness (QED) is 0.0272. The van der Waals surface area contributed by atoms with E-state index in [0.717, 1.165) is 51.4 Å². The van der Waals surface area contributed by atoms with Gasteiger partial charge in [0.15, 0.2) is 0 Å². The number of unbranched alkanes of at least 4 members (excludes halogenated alkanes) is 33. The van der Waals surface area contributed by atoms with Gasteiger partial charge in [0, 0.05) is 6.42 Å². The zero-order valence-corrected chi connectivity index (χ0v) is 43.4. The Morgan fingerprint density at radius 3 is 1.40 bits per heavy atom. The molecule has 0 rings (SSSR count). The largest absolute Gasteiger partial charge is 0.756 e. The minimum Gasteiger partial charge on any atom is -0.756 e. The summed E-state index contributed by atoms with van der Waals surface area (Å²) in [4.78, 5) is 25.5. The number of phosphoric acid groups is 1. The molecule has 0 aliphatic heterocycles. The number of amides is 1. The fourth-order valence-electron chi connectivity index (χ4n) is 8.20. The van der Waals surface area contributed by atoms with Crippen LogP contribution in [0.1, 0.15) is 264 Å². The maximum atomic E-state index is 13.0. The lowest BCUT2D eigenvalue weighted by Crippen LogP contribution is -2.46. The topological polar surface area (TPSA) is 108 Å². The maximum Gasteiger partial charge on any atom is 0.268 e. The standard InChI is InChI=1S/C54H107N2O6P/c1-6-8-10-12-14-16-18-20-22-24-26-28-30-32-34-36-38-40-42-44-46-48-54(58)55-52(51-62-63(59,60)61-50-49-56(3,4)5)53(57)47-45-43-41-39-37-35-33-31-29-27-25-23-21-19-17-15-13-11-9-7-2/h8,10,14,16,52-53,57H,6-7,9,11-13,15,17-51H2,1-5H3,(H-,55,58,59,60)/b10-8-,16-14-. The van der Waals surface area contributed by atoms with Crippen molar-refractivity contribution >= 4 is 13.7 Å². The van der Waals surface area contributed by atoms with Crippen LogP contribution in [0.25, 0.3) is 0 Å². The first-order chi connectivity index (χ1) is 30.5. The van der Waals surface area contributed by atoms with E-state index in [0.29, 0.717) is 23.9 Å². The highest BCUT2D eigenvalue weighted by atomic mass is 31.2. The number of allylic oxidation sites excluding steroid dienone is 4. The van der Waals surface area contributed by atoms with Gasteiger partial charge in [-0.25, -0.2) is 0 Å². The van der Waals surface area contributed by atoms with E-state index in [1.807, 2.05) is 21.1 Å². The van der Waals surface area contributed by atoms with Crippen molar-refractivity contribution in [2.75, 3.05) is 40.9 Å². The molecule has 3 unspecified atom stereocenters. The van der Waals surface area contributed by atoms with Crippen LogP contribution in [0.3, 0.4) is 0 Å². The van der Waals surface area contributed by atoms with Gasteiger partial charge in [0.05, 0.1) is 39.9 Å². The molecule has 3 atom stereocenters. The van der Waals surface area contributed by atoms with Gasteiger partial charge in [-0.15, -0.1) is 0 Å². The molecule has 8 nitrogen and oxygen atoms in total. The first kappa shape index (κ1) is 62.0. The first-order valence-electron chi connectivity index (χ1n) is 27.2. The lowest BCUT2D eigenvalue weighted by atomic mass is 10.0. The molecule has 0 aliphatic rings. The van der Waals surface area contributed by atoms with E-state index in [9.17, 15) is 19.4 Å². The van der Waals surface area contributed by atoms with E-state index < -0.39 is 20.0 Å². The number of rotatable bonds is 50. The number of hydrogen-bond donors (Lipinski definition) is 2. The van der Waals surface area contributed by atoms with Crippen molar-refractivity contribution in [2.45, 2.75) is 276 Å². The van der Waals surface area contributed by atoms with Crippen LogP contribution >= 0.6 is 7.82 Å². The van der Waals surface area contributed by atoms with E-state index in [-0.39, 0.29) is 19.1 Å². The maximum absolute atomic E-state index is 13.0. The number of carbonyl (C=O) groups excluding carboxylic acids is 1. The molecule has 1 amide bonds. The lowest BCUT2D eigenvalue weighted by molar-refractivity contribution is -0.870. The van der Waals surface area contributed by atoms with Crippen molar-refractivity contribution in [1.82, 2.24) is 5.32 Å². The molecule has 374 valence electrons. The zero-order chi connectivity index (χ0) is 46.4. The molecule has 0 aromatic heterocycles. The SMILES string of the molecule is CC/C=C\C/C=C\CCCCCCCCCCCCCCCCC(=O)NC(COP(=O)([O-])OCC[N+](C)(C)C)C(O)CCCCCCCCCCCCCCCCCCCCCC. The highest BCUT2D eigenvalue weighted by molar-refractivity contribution is 7.45. The molecule has 9 heteroatoms. The second-order valence-electron chi connectivity index (χ2n) is 19.9. The molecular weight excluding hydrogens is 804 g/mol. The predicted octanol–water partition coefficient (Wildman–Crippen LogP) is 15.4. The Morgan fingerprint density at radius 1 is 0.571 bits per heavy atom. The molecule has 0 aliphatic carbocycles. The highest BCUT2D eigenvalue weighted by Gasteiger charge is 2.24. The van der Waals surface area contributed by atoms with Crippen molar-refractivity contribution < 1.29 is 32.9 Å². The smallest absolute Gasteiger partial charge is 0.268 e. The van der Waals surface area contributed by atoms with Gasteiger partial charge < -0.3 is 28.8 Å². The third-order valence-electron chi connectivity index (χ3n) is 12.5. The summed E-state index contributed by atoms with van der Waals surface area (Å²) >= 11 is 0. The highest BCUT2D eigenvalue weighted by Crippen LogP contribution is 2.38. The minimum absolute atomic E-state index is 0.0138. The van der Waals surface area contributed by atoms with Crippen molar-refractivity contribution in [3.8, 4) is 0 Å². The number of nitrogens with one attached hydrogen (secondary N) is 1. The third-order valence-corrected chi connectivity index (χ3v) is 13.4. The number of phosphoric ester groups is 1. The first-order valence-corrected chi connectivity index (χ1v) is 28.6. The van der Waals surface area contributed by atoms with Crippen LogP contribution < -0.4 is 10.2 Å². The van der Waals surface area contributed by atoms with E-state index in [1.165, 1.54) is 186 Å². The van der Waals surface area contributed by atoms with E-state index in [4.69, 9.17) is 9.05 Å². The van der Waals surface area contributed by atoms with Crippen LogP contribution in [0.4, 0.5) is 0 Å². The molecule has 0 bridgehead atoms. The van der Waals surface area contributed by atoms with Gasteiger partial charge in [0.1, 0.15) is 13.2 Å². The van der Waals surface area contributed by atoms with E-state index in [2.05, 4.69) is 43.5 Å². The molecule has 0 aromatic rings. The normalized spacial score (nSPS) is 14.2. The summed E-state index contributed by atoms with van der Waals surface area (Å²) in [5.41, 5.74) is 0. The number of nitrogens with zero attached hydrogens (tertiary/aromatic N) is 1. The molecule has 2 N–H and O–H groups in total. The van der Waals surface area contributed by atoms with Gasteiger partial charge in [0.25, 0.3) is 7.82 Å². The van der Waals surface area contributed by atoms with Crippen molar-refractivity contribution in [3.63, 3.8) is 0 Å². The van der Waals surface area contributed by atoms with Crippen molar-refractivity contribution in [2.24, 2.45) is 0 Å². The number of likely N-dealkylation sites (N-methyl/N-ethyl adjacent to an activating group) is 1. The summed E-state index contributed by atoms with van der Waals surface area (Å²) in [6, 6.07) is -0.799. The average molecular weight is 911 g/mol.